The van der Waals surface area contributed by atoms with Crippen LogP contribution in [0.3, 0.4) is 0 Å². The highest BCUT2D eigenvalue weighted by atomic mass is 35.5. The molecule has 0 rings (SSSR count). The lowest BCUT2D eigenvalue weighted by Gasteiger charge is -2.20. The number of nitrogens with two attached hydrogens (primary N) is 1. The van der Waals surface area contributed by atoms with E-state index < -0.39 is 0 Å². The molecule has 0 aliphatic carbocycles. The maximum Gasteiger partial charge on any atom is 0.239 e. The smallest absolute Gasteiger partial charge is 0.239 e. The zero-order valence-corrected chi connectivity index (χ0v) is 12.9. The number of halogens is 1. The van der Waals surface area contributed by atoms with E-state index in [0.717, 1.165) is 25.7 Å². The highest BCUT2D eigenvalue weighted by Crippen LogP contribution is 2.05. The Hall–Kier alpha value is -0.810. The Morgan fingerprint density at radius 2 is 1.74 bits per heavy atom. The molecule has 0 aliphatic rings. The Morgan fingerprint density at radius 3 is 2.26 bits per heavy atom. The third-order valence-corrected chi connectivity index (χ3v) is 2.79. The van der Waals surface area contributed by atoms with Gasteiger partial charge in [0.25, 0.3) is 0 Å². The first-order valence-electron chi connectivity index (χ1n) is 6.90. The minimum absolute atomic E-state index is 0. The number of hydrogen-bond acceptors (Lipinski definition) is 3. The number of carbonyl (C=O) groups excluding carboxylic acids is 2. The largest absolute Gasteiger partial charge is 0.355 e. The summed E-state index contributed by atoms with van der Waals surface area (Å²) in [6.07, 6.45) is 4.53. The van der Waals surface area contributed by atoms with Crippen molar-refractivity contribution >= 4 is 24.2 Å². The van der Waals surface area contributed by atoms with Crippen molar-refractivity contribution in [1.29, 1.82) is 0 Å². The van der Waals surface area contributed by atoms with E-state index in [2.05, 4.69) is 5.32 Å². The molecule has 0 saturated heterocycles. The second-order valence-corrected chi connectivity index (χ2v) is 4.31. The molecule has 6 heteroatoms. The minimum Gasteiger partial charge on any atom is -0.355 e. The fourth-order valence-electron chi connectivity index (χ4n) is 1.73. The van der Waals surface area contributed by atoms with Crippen molar-refractivity contribution < 1.29 is 9.59 Å². The van der Waals surface area contributed by atoms with Gasteiger partial charge in [-0.05, 0) is 33.2 Å². The first kappa shape index (κ1) is 20.5. The van der Waals surface area contributed by atoms with E-state index in [1.807, 2.05) is 13.8 Å². The van der Waals surface area contributed by atoms with E-state index in [1.54, 1.807) is 4.90 Å². The molecular weight excluding hydrogens is 266 g/mol. The predicted octanol–water partition coefficient (Wildman–Crippen LogP) is 1.30. The standard InChI is InChI=1S/C13H27N3O2.ClH/c1-3-15-12(17)11-16(4-2)13(18)9-7-5-6-8-10-14;/h3-11,14H2,1-2H3,(H,15,17);1H. The molecule has 0 atom stereocenters. The van der Waals surface area contributed by atoms with Gasteiger partial charge in [0.15, 0.2) is 0 Å². The second kappa shape index (κ2) is 13.6. The molecule has 0 bridgehead atoms. The Labute approximate surface area is 122 Å². The van der Waals surface area contributed by atoms with E-state index >= 15 is 0 Å². The van der Waals surface area contributed by atoms with Crippen molar-refractivity contribution in [3.8, 4) is 0 Å². The fourth-order valence-corrected chi connectivity index (χ4v) is 1.73. The summed E-state index contributed by atoms with van der Waals surface area (Å²) < 4.78 is 0. The number of unbranched alkanes of at least 4 members (excludes halogenated alkanes) is 3. The van der Waals surface area contributed by atoms with Crippen LogP contribution in [0.4, 0.5) is 0 Å². The number of carbonyl (C=O) groups is 2. The lowest BCUT2D eigenvalue weighted by Crippen LogP contribution is -2.40. The maximum absolute atomic E-state index is 11.9. The van der Waals surface area contributed by atoms with Crippen molar-refractivity contribution in [2.75, 3.05) is 26.2 Å². The summed E-state index contributed by atoms with van der Waals surface area (Å²) in [6, 6.07) is 0. The summed E-state index contributed by atoms with van der Waals surface area (Å²) in [5, 5.41) is 2.70. The van der Waals surface area contributed by atoms with Crippen LogP contribution < -0.4 is 11.1 Å². The summed E-state index contributed by atoms with van der Waals surface area (Å²) in [6.45, 7) is 5.83. The number of nitrogens with zero attached hydrogens (tertiary/aromatic N) is 1. The van der Waals surface area contributed by atoms with Gasteiger partial charge >= 0.3 is 0 Å². The lowest BCUT2D eigenvalue weighted by atomic mass is 10.1. The van der Waals surface area contributed by atoms with Crippen molar-refractivity contribution in [2.24, 2.45) is 5.73 Å². The number of hydrogen-bond donors (Lipinski definition) is 2. The first-order valence-corrected chi connectivity index (χ1v) is 6.90. The molecule has 114 valence electrons. The van der Waals surface area contributed by atoms with Crippen LogP contribution in [0.5, 0.6) is 0 Å². The van der Waals surface area contributed by atoms with Gasteiger partial charge in [0, 0.05) is 19.5 Å². The third-order valence-electron chi connectivity index (χ3n) is 2.79. The van der Waals surface area contributed by atoms with E-state index in [4.69, 9.17) is 5.73 Å². The summed E-state index contributed by atoms with van der Waals surface area (Å²) in [5.74, 6) is -0.0210. The summed E-state index contributed by atoms with van der Waals surface area (Å²) in [4.78, 5) is 24.9. The maximum atomic E-state index is 11.9. The molecule has 0 aliphatic heterocycles. The molecule has 0 heterocycles. The van der Waals surface area contributed by atoms with E-state index in [0.29, 0.717) is 26.1 Å². The van der Waals surface area contributed by atoms with E-state index in [-0.39, 0.29) is 30.8 Å². The topological polar surface area (TPSA) is 75.4 Å². The lowest BCUT2D eigenvalue weighted by molar-refractivity contribution is -0.135. The Morgan fingerprint density at radius 1 is 1.11 bits per heavy atom. The van der Waals surface area contributed by atoms with Crippen molar-refractivity contribution in [1.82, 2.24) is 10.2 Å². The van der Waals surface area contributed by atoms with Crippen LogP contribution >= 0.6 is 12.4 Å². The van der Waals surface area contributed by atoms with E-state index in [1.165, 1.54) is 0 Å². The summed E-state index contributed by atoms with van der Waals surface area (Å²) in [5.41, 5.74) is 5.40. The highest BCUT2D eigenvalue weighted by Gasteiger charge is 2.14. The number of rotatable bonds is 10. The van der Waals surface area contributed by atoms with Crippen LogP contribution in [-0.4, -0.2) is 42.9 Å². The van der Waals surface area contributed by atoms with Crippen LogP contribution in [0.2, 0.25) is 0 Å². The van der Waals surface area contributed by atoms with Crippen molar-refractivity contribution in [3.05, 3.63) is 0 Å². The van der Waals surface area contributed by atoms with E-state index in [9.17, 15) is 9.59 Å². The minimum atomic E-state index is -0.0872. The molecule has 5 nitrogen and oxygen atoms in total. The molecule has 0 unspecified atom stereocenters. The fraction of sp³-hybridized carbons (Fsp3) is 0.846. The van der Waals surface area contributed by atoms with Gasteiger partial charge < -0.3 is 16.0 Å². The molecule has 0 aromatic rings. The predicted molar refractivity (Wildman–Crippen MR) is 80.3 cm³/mol. The number of amides is 2. The van der Waals surface area contributed by atoms with Gasteiger partial charge in [-0.1, -0.05) is 12.8 Å². The Bertz CT molecular complexity index is 250. The molecule has 0 saturated carbocycles. The van der Waals surface area contributed by atoms with Crippen LogP contribution in [0.1, 0.15) is 46.0 Å². The first-order chi connectivity index (χ1) is 8.65. The van der Waals surface area contributed by atoms with Crippen molar-refractivity contribution in [2.45, 2.75) is 46.0 Å². The van der Waals surface area contributed by atoms with Crippen LogP contribution in [0, 0.1) is 0 Å². The molecule has 3 N–H and O–H groups in total. The van der Waals surface area contributed by atoms with Gasteiger partial charge in [0.05, 0.1) is 6.54 Å². The van der Waals surface area contributed by atoms with Gasteiger partial charge in [0.1, 0.15) is 0 Å². The molecule has 0 aromatic heterocycles. The van der Waals surface area contributed by atoms with Gasteiger partial charge in [0.2, 0.25) is 11.8 Å². The van der Waals surface area contributed by atoms with Crippen LogP contribution in [0.15, 0.2) is 0 Å². The SMILES string of the molecule is CCNC(=O)CN(CC)C(=O)CCCCCCN.Cl. The monoisotopic (exact) mass is 293 g/mol. The number of likely N-dealkylation sites (N-methyl/N-ethyl adjacent to an activating group) is 2. The van der Waals surface area contributed by atoms with Crippen LogP contribution in [-0.2, 0) is 9.59 Å². The molecule has 0 fully saturated rings. The highest BCUT2D eigenvalue weighted by molar-refractivity contribution is 5.85. The van der Waals surface area contributed by atoms with Gasteiger partial charge in [-0.3, -0.25) is 9.59 Å². The zero-order chi connectivity index (χ0) is 13.8. The summed E-state index contributed by atoms with van der Waals surface area (Å²) in [7, 11) is 0. The molecule has 0 aromatic carbocycles. The normalized spacial score (nSPS) is 9.63. The van der Waals surface area contributed by atoms with Crippen molar-refractivity contribution in [3.63, 3.8) is 0 Å². The average Bonchev–Trinajstić information content (AvgIpc) is 2.35. The molecule has 0 spiro atoms. The second-order valence-electron chi connectivity index (χ2n) is 4.31. The molecule has 19 heavy (non-hydrogen) atoms. The zero-order valence-electron chi connectivity index (χ0n) is 12.1. The Kier molecular flexibility index (Phi) is 14.7. The molecule has 2 amide bonds. The van der Waals surface area contributed by atoms with Gasteiger partial charge in [-0.25, -0.2) is 0 Å². The third kappa shape index (κ3) is 10.8. The molecule has 0 radical (unpaired) electrons. The summed E-state index contributed by atoms with van der Waals surface area (Å²) >= 11 is 0. The van der Waals surface area contributed by atoms with Gasteiger partial charge in [-0.2, -0.15) is 0 Å². The average molecular weight is 294 g/mol. The molecular formula is C13H28ClN3O2. The van der Waals surface area contributed by atoms with Gasteiger partial charge in [-0.15, -0.1) is 12.4 Å². The van der Waals surface area contributed by atoms with Crippen LogP contribution in [0.25, 0.3) is 0 Å². The quantitative estimate of drug-likeness (QED) is 0.596. The number of nitrogens with one attached hydrogen (secondary N) is 1. The Balaban J connectivity index is 0.